The van der Waals surface area contributed by atoms with Gasteiger partial charge < -0.3 is 10.4 Å². The molecule has 0 unspecified atom stereocenters. The monoisotopic (exact) mass is 268 g/mol. The van der Waals surface area contributed by atoms with E-state index in [1.807, 2.05) is 6.07 Å². The second-order valence-corrected chi connectivity index (χ2v) is 3.73. The summed E-state index contributed by atoms with van der Waals surface area (Å²) in [6.45, 7) is 0.369. The average molecular weight is 269 g/mol. The first-order valence-electron chi connectivity index (χ1n) is 4.29. The first-order chi connectivity index (χ1) is 7.13. The van der Waals surface area contributed by atoms with E-state index in [-0.39, 0.29) is 6.42 Å². The molecule has 0 atom stereocenters. The molecule has 5 heteroatoms. The number of hydrogen-bond acceptors (Lipinski definition) is 3. The molecule has 0 heterocycles. The third kappa shape index (κ3) is 3.60. The van der Waals surface area contributed by atoms with Crippen molar-refractivity contribution in [2.24, 2.45) is 0 Å². The van der Waals surface area contributed by atoms with Crippen molar-refractivity contribution in [3.8, 4) is 6.07 Å². The lowest BCUT2D eigenvalue weighted by atomic mass is 10.2. The van der Waals surface area contributed by atoms with Gasteiger partial charge >= 0.3 is 5.97 Å². The Balaban J connectivity index is 2.60. The molecule has 0 saturated heterocycles. The molecule has 0 spiro atoms. The Bertz CT molecular complexity index is 412. The molecule has 1 aromatic carbocycles. The van der Waals surface area contributed by atoms with Gasteiger partial charge in [-0.05, 0) is 34.1 Å². The first-order valence-corrected chi connectivity index (χ1v) is 5.08. The topological polar surface area (TPSA) is 73.1 Å². The van der Waals surface area contributed by atoms with E-state index in [2.05, 4.69) is 21.2 Å². The molecule has 1 rings (SSSR count). The highest BCUT2D eigenvalue weighted by molar-refractivity contribution is 9.10. The fourth-order valence-electron chi connectivity index (χ4n) is 1.03. The first kappa shape index (κ1) is 11.5. The van der Waals surface area contributed by atoms with Gasteiger partial charge in [-0.25, -0.2) is 0 Å². The minimum absolute atomic E-state index is 0.0671. The average Bonchev–Trinajstić information content (AvgIpc) is 2.17. The maximum absolute atomic E-state index is 10.3. The summed E-state index contributed by atoms with van der Waals surface area (Å²) in [5.41, 5.74) is 1.35. The van der Waals surface area contributed by atoms with Crippen molar-refractivity contribution in [2.75, 3.05) is 11.9 Å². The van der Waals surface area contributed by atoms with Crippen LogP contribution in [0.15, 0.2) is 22.7 Å². The molecule has 1 aromatic rings. The predicted molar refractivity (Wildman–Crippen MR) is 59.6 cm³/mol. The van der Waals surface area contributed by atoms with Crippen LogP contribution in [0.4, 0.5) is 5.69 Å². The molecule has 0 amide bonds. The molecule has 0 aliphatic rings. The van der Waals surface area contributed by atoms with E-state index in [0.717, 1.165) is 5.69 Å². The van der Waals surface area contributed by atoms with E-state index >= 15 is 0 Å². The van der Waals surface area contributed by atoms with Gasteiger partial charge in [0.05, 0.1) is 12.0 Å². The van der Waals surface area contributed by atoms with Crippen molar-refractivity contribution in [2.45, 2.75) is 6.42 Å². The van der Waals surface area contributed by atoms with Crippen LogP contribution in [0.3, 0.4) is 0 Å². The molecular formula is C10H9BrN2O2. The molecule has 4 nitrogen and oxygen atoms in total. The van der Waals surface area contributed by atoms with Crippen LogP contribution in [0.2, 0.25) is 0 Å². The fraction of sp³-hybridized carbons (Fsp3) is 0.200. The SMILES string of the molecule is N#Cc1ccc(NCCC(=O)O)cc1Br. The number of rotatable bonds is 4. The highest BCUT2D eigenvalue weighted by Gasteiger charge is 2.01. The second kappa shape index (κ2) is 5.37. The van der Waals surface area contributed by atoms with Crippen LogP contribution in [0.5, 0.6) is 0 Å². The van der Waals surface area contributed by atoms with Crippen LogP contribution in [-0.2, 0) is 4.79 Å². The van der Waals surface area contributed by atoms with Crippen LogP contribution in [0.1, 0.15) is 12.0 Å². The summed E-state index contributed by atoms with van der Waals surface area (Å²) < 4.78 is 0.699. The standard InChI is InChI=1S/C10H9BrN2O2/c11-9-5-8(2-1-7(9)6-12)13-4-3-10(14)15/h1-2,5,13H,3-4H2,(H,14,15). The summed E-state index contributed by atoms with van der Waals surface area (Å²) in [4.78, 5) is 10.3. The number of halogens is 1. The van der Waals surface area contributed by atoms with E-state index in [1.54, 1.807) is 18.2 Å². The molecule has 0 bridgehead atoms. The number of carbonyl (C=O) groups is 1. The molecule has 0 saturated carbocycles. The van der Waals surface area contributed by atoms with Gasteiger partial charge in [-0.2, -0.15) is 5.26 Å². The van der Waals surface area contributed by atoms with Crippen molar-refractivity contribution >= 4 is 27.6 Å². The van der Waals surface area contributed by atoms with Crippen molar-refractivity contribution in [1.82, 2.24) is 0 Å². The van der Waals surface area contributed by atoms with Crippen LogP contribution in [0, 0.1) is 11.3 Å². The summed E-state index contributed by atoms with van der Waals surface area (Å²) in [6.07, 6.45) is 0.0671. The number of carboxylic acid groups (broad SMARTS) is 1. The van der Waals surface area contributed by atoms with E-state index in [0.29, 0.717) is 16.6 Å². The summed E-state index contributed by atoms with van der Waals surface area (Å²) in [5.74, 6) is -0.838. The Morgan fingerprint density at radius 1 is 1.60 bits per heavy atom. The minimum Gasteiger partial charge on any atom is -0.481 e. The van der Waals surface area contributed by atoms with Crippen molar-refractivity contribution in [1.29, 1.82) is 5.26 Å². The van der Waals surface area contributed by atoms with Gasteiger partial charge in [-0.1, -0.05) is 0 Å². The van der Waals surface area contributed by atoms with Crippen molar-refractivity contribution in [3.05, 3.63) is 28.2 Å². The van der Waals surface area contributed by atoms with Crippen LogP contribution in [0.25, 0.3) is 0 Å². The number of benzene rings is 1. The number of nitriles is 1. The summed E-state index contributed by atoms with van der Waals surface area (Å²) in [5, 5.41) is 20.1. The molecule has 0 radical (unpaired) electrons. The number of anilines is 1. The lowest BCUT2D eigenvalue weighted by Gasteiger charge is -2.05. The molecule has 0 fully saturated rings. The highest BCUT2D eigenvalue weighted by atomic mass is 79.9. The summed E-state index contributed by atoms with van der Waals surface area (Å²) >= 11 is 3.25. The highest BCUT2D eigenvalue weighted by Crippen LogP contribution is 2.20. The maximum atomic E-state index is 10.3. The van der Waals surface area contributed by atoms with E-state index < -0.39 is 5.97 Å². The van der Waals surface area contributed by atoms with Gasteiger partial charge in [-0.3, -0.25) is 4.79 Å². The van der Waals surface area contributed by atoms with Gasteiger partial charge in [0.2, 0.25) is 0 Å². The third-order valence-corrected chi connectivity index (χ3v) is 2.41. The number of carboxylic acids is 1. The maximum Gasteiger partial charge on any atom is 0.305 e. The van der Waals surface area contributed by atoms with Crippen molar-refractivity contribution in [3.63, 3.8) is 0 Å². The minimum atomic E-state index is -0.838. The second-order valence-electron chi connectivity index (χ2n) is 2.88. The lowest BCUT2D eigenvalue weighted by molar-refractivity contribution is -0.136. The zero-order chi connectivity index (χ0) is 11.3. The number of nitrogens with one attached hydrogen (secondary N) is 1. The van der Waals surface area contributed by atoms with Gasteiger partial charge in [-0.15, -0.1) is 0 Å². The van der Waals surface area contributed by atoms with Crippen LogP contribution >= 0.6 is 15.9 Å². The normalized spacial score (nSPS) is 9.33. The molecule has 0 aromatic heterocycles. The molecule has 15 heavy (non-hydrogen) atoms. The fourth-order valence-corrected chi connectivity index (χ4v) is 1.50. The quantitative estimate of drug-likeness (QED) is 0.878. The van der Waals surface area contributed by atoms with Gasteiger partial charge in [0.25, 0.3) is 0 Å². The molecule has 78 valence electrons. The Labute approximate surface area is 95.7 Å². The molecule has 0 aliphatic carbocycles. The Morgan fingerprint density at radius 2 is 2.33 bits per heavy atom. The number of hydrogen-bond donors (Lipinski definition) is 2. The van der Waals surface area contributed by atoms with Gasteiger partial charge in [0.15, 0.2) is 0 Å². The van der Waals surface area contributed by atoms with E-state index in [4.69, 9.17) is 10.4 Å². The zero-order valence-corrected chi connectivity index (χ0v) is 9.41. The Morgan fingerprint density at radius 3 is 2.87 bits per heavy atom. The largest absolute Gasteiger partial charge is 0.481 e. The van der Waals surface area contributed by atoms with Crippen molar-refractivity contribution < 1.29 is 9.90 Å². The number of aliphatic carboxylic acids is 1. The molecule has 0 aliphatic heterocycles. The van der Waals surface area contributed by atoms with E-state index in [9.17, 15) is 4.79 Å². The predicted octanol–water partition coefficient (Wildman–Crippen LogP) is 2.21. The Hall–Kier alpha value is -1.54. The van der Waals surface area contributed by atoms with Gasteiger partial charge in [0.1, 0.15) is 6.07 Å². The molecular weight excluding hydrogens is 260 g/mol. The Kier molecular flexibility index (Phi) is 4.13. The van der Waals surface area contributed by atoms with E-state index in [1.165, 1.54) is 0 Å². The smallest absolute Gasteiger partial charge is 0.305 e. The number of nitrogens with zero attached hydrogens (tertiary/aromatic N) is 1. The third-order valence-electron chi connectivity index (χ3n) is 1.76. The van der Waals surface area contributed by atoms with Crippen LogP contribution in [-0.4, -0.2) is 17.6 Å². The van der Waals surface area contributed by atoms with Crippen LogP contribution < -0.4 is 5.32 Å². The van der Waals surface area contributed by atoms with Gasteiger partial charge in [0, 0.05) is 16.7 Å². The summed E-state index contributed by atoms with van der Waals surface area (Å²) in [7, 11) is 0. The summed E-state index contributed by atoms with van der Waals surface area (Å²) in [6, 6.07) is 7.19. The lowest BCUT2D eigenvalue weighted by Crippen LogP contribution is -2.07. The molecule has 2 N–H and O–H groups in total. The zero-order valence-electron chi connectivity index (χ0n) is 7.83.